The van der Waals surface area contributed by atoms with Crippen LogP contribution in [0, 0.1) is 17.6 Å². The number of carbonyl (C=O) groups is 3. The minimum absolute atomic E-state index is 0. The number of ether oxygens (including phenoxy) is 1. The summed E-state index contributed by atoms with van der Waals surface area (Å²) in [6.07, 6.45) is 1.65. The van der Waals surface area contributed by atoms with Gasteiger partial charge in [0.25, 0.3) is 5.91 Å². The Labute approximate surface area is 226 Å². The third-order valence-electron chi connectivity index (χ3n) is 7.15. The van der Waals surface area contributed by atoms with Crippen molar-refractivity contribution in [2.75, 3.05) is 32.1 Å². The average Bonchev–Trinajstić information content (AvgIpc) is 2.92. The number of likely N-dealkylation sites (N-methyl/N-ethyl adjacent to an activating group) is 1. The fourth-order valence-electron chi connectivity index (χ4n) is 4.91. The van der Waals surface area contributed by atoms with Gasteiger partial charge in [0.15, 0.2) is 0 Å². The molecule has 0 saturated carbocycles. The molecule has 38 heavy (non-hydrogen) atoms. The van der Waals surface area contributed by atoms with Crippen LogP contribution in [0.4, 0.5) is 14.5 Å². The van der Waals surface area contributed by atoms with E-state index in [2.05, 4.69) is 16.0 Å². The van der Waals surface area contributed by atoms with E-state index >= 15 is 0 Å². The van der Waals surface area contributed by atoms with Crippen molar-refractivity contribution in [2.24, 2.45) is 5.92 Å². The third-order valence-corrected chi connectivity index (χ3v) is 7.15. The Kier molecular flexibility index (Phi) is 10.2. The lowest BCUT2D eigenvalue weighted by atomic mass is 9.87. The molecule has 3 atom stereocenters. The molecule has 4 rings (SSSR count). The highest BCUT2D eigenvalue weighted by Crippen LogP contribution is 2.33. The summed E-state index contributed by atoms with van der Waals surface area (Å²) in [4.78, 5) is 41.9. The summed E-state index contributed by atoms with van der Waals surface area (Å²) in [6.45, 7) is 2.83. The summed E-state index contributed by atoms with van der Waals surface area (Å²) in [6, 6.07) is 7.98. The molecule has 1 saturated heterocycles. The van der Waals surface area contributed by atoms with E-state index in [9.17, 15) is 23.2 Å². The van der Waals surface area contributed by atoms with Gasteiger partial charge >= 0.3 is 0 Å². The van der Waals surface area contributed by atoms with Crippen LogP contribution in [0.5, 0.6) is 0 Å². The first-order valence-corrected chi connectivity index (χ1v) is 12.5. The predicted molar refractivity (Wildman–Crippen MR) is 141 cm³/mol. The summed E-state index contributed by atoms with van der Waals surface area (Å²) in [7, 11) is 1.65. The van der Waals surface area contributed by atoms with Crippen LogP contribution in [-0.2, 0) is 25.5 Å². The number of hydrogen-bond donors (Lipinski definition) is 3. The van der Waals surface area contributed by atoms with Crippen molar-refractivity contribution in [1.82, 2.24) is 15.5 Å². The van der Waals surface area contributed by atoms with Gasteiger partial charge in [-0.1, -0.05) is 30.3 Å². The molecule has 2 heterocycles. The first kappa shape index (κ1) is 29.5. The lowest BCUT2D eigenvalue weighted by molar-refractivity contribution is -0.145. The largest absolute Gasteiger partial charge is 0.381 e. The number of hydrogen-bond acceptors (Lipinski definition) is 5. The van der Waals surface area contributed by atoms with E-state index in [1.165, 1.54) is 11.0 Å². The zero-order valence-electron chi connectivity index (χ0n) is 21.3. The van der Waals surface area contributed by atoms with Gasteiger partial charge < -0.3 is 25.6 Å². The highest BCUT2D eigenvalue weighted by molar-refractivity contribution is 6.00. The molecule has 2 aromatic carbocycles. The first-order chi connectivity index (χ1) is 17.8. The van der Waals surface area contributed by atoms with E-state index in [-0.39, 0.29) is 30.8 Å². The van der Waals surface area contributed by atoms with Crippen molar-refractivity contribution >= 4 is 35.8 Å². The molecule has 2 aliphatic rings. The van der Waals surface area contributed by atoms with Crippen molar-refractivity contribution < 1.29 is 27.9 Å². The highest BCUT2D eigenvalue weighted by atomic mass is 35.5. The topological polar surface area (TPSA) is 99.8 Å². The van der Waals surface area contributed by atoms with Gasteiger partial charge in [0.05, 0.1) is 6.04 Å². The normalized spacial score (nSPS) is 18.9. The third kappa shape index (κ3) is 6.31. The van der Waals surface area contributed by atoms with Gasteiger partial charge in [-0.15, -0.1) is 12.4 Å². The van der Waals surface area contributed by atoms with E-state index in [4.69, 9.17) is 4.74 Å². The average molecular weight is 551 g/mol. The Morgan fingerprint density at radius 2 is 1.68 bits per heavy atom. The van der Waals surface area contributed by atoms with Crippen LogP contribution in [0.15, 0.2) is 42.5 Å². The van der Waals surface area contributed by atoms with Gasteiger partial charge in [-0.2, -0.15) is 0 Å². The lowest BCUT2D eigenvalue weighted by Gasteiger charge is -2.40. The van der Waals surface area contributed by atoms with Crippen LogP contribution < -0.4 is 16.0 Å². The zero-order chi connectivity index (χ0) is 26.5. The van der Waals surface area contributed by atoms with Gasteiger partial charge in [0, 0.05) is 19.8 Å². The second-order valence-electron chi connectivity index (χ2n) is 9.42. The fraction of sp³-hybridized carbons (Fsp3) is 0.444. The molecule has 1 fully saturated rings. The molecule has 2 aliphatic heterocycles. The van der Waals surface area contributed by atoms with Crippen LogP contribution >= 0.6 is 12.4 Å². The maximum absolute atomic E-state index is 14.4. The number of amides is 3. The quantitative estimate of drug-likeness (QED) is 0.492. The molecule has 3 amide bonds. The molecule has 0 aromatic heterocycles. The van der Waals surface area contributed by atoms with Gasteiger partial charge in [-0.05, 0) is 62.4 Å². The molecule has 206 valence electrons. The number of para-hydroxylation sites is 1. The number of carbonyl (C=O) groups excluding carboxylic acids is 3. The fourth-order valence-corrected chi connectivity index (χ4v) is 4.91. The molecule has 2 aromatic rings. The van der Waals surface area contributed by atoms with Gasteiger partial charge in [-0.25, -0.2) is 8.78 Å². The van der Waals surface area contributed by atoms with Crippen LogP contribution in [0.25, 0.3) is 0 Å². The number of halogens is 3. The van der Waals surface area contributed by atoms with Crippen LogP contribution in [-0.4, -0.2) is 61.5 Å². The number of nitrogens with zero attached hydrogens (tertiary/aromatic N) is 1. The Morgan fingerprint density at radius 3 is 2.34 bits per heavy atom. The van der Waals surface area contributed by atoms with Gasteiger partial charge in [0.1, 0.15) is 29.4 Å². The Morgan fingerprint density at radius 1 is 1.03 bits per heavy atom. The summed E-state index contributed by atoms with van der Waals surface area (Å²) in [5.41, 5.74) is 0.883. The molecule has 0 aliphatic carbocycles. The number of fused-ring (bicyclic) bond motifs is 1. The molecule has 0 spiro atoms. The van der Waals surface area contributed by atoms with Crippen molar-refractivity contribution in [3.05, 3.63) is 65.2 Å². The number of anilines is 1. The monoisotopic (exact) mass is 550 g/mol. The zero-order valence-corrected chi connectivity index (χ0v) is 22.2. The number of nitrogens with one attached hydrogen (secondary N) is 3. The summed E-state index contributed by atoms with van der Waals surface area (Å²) < 4.78 is 34.2. The smallest absolute Gasteiger partial charge is 0.251 e. The molecular weight excluding hydrogens is 518 g/mol. The summed E-state index contributed by atoms with van der Waals surface area (Å²) in [5, 5.41) is 8.12. The van der Waals surface area contributed by atoms with Crippen molar-refractivity contribution in [3.8, 4) is 0 Å². The van der Waals surface area contributed by atoms with Gasteiger partial charge in [0.2, 0.25) is 11.8 Å². The predicted octanol–water partition coefficient (Wildman–Crippen LogP) is 2.97. The molecule has 3 N–H and O–H groups in total. The Bertz CT molecular complexity index is 1140. The van der Waals surface area contributed by atoms with E-state index < -0.39 is 47.3 Å². The maximum Gasteiger partial charge on any atom is 0.251 e. The van der Waals surface area contributed by atoms with Crippen molar-refractivity contribution in [3.63, 3.8) is 0 Å². The van der Waals surface area contributed by atoms with Crippen LogP contribution in [0.3, 0.4) is 0 Å². The second-order valence-corrected chi connectivity index (χ2v) is 9.42. The number of rotatable bonds is 7. The van der Waals surface area contributed by atoms with Crippen molar-refractivity contribution in [1.29, 1.82) is 0 Å². The van der Waals surface area contributed by atoms with Crippen LogP contribution in [0.1, 0.15) is 36.9 Å². The Balaban J connectivity index is 0.00000400. The molecule has 0 bridgehead atoms. The van der Waals surface area contributed by atoms with E-state index in [0.29, 0.717) is 38.0 Å². The minimum Gasteiger partial charge on any atom is -0.381 e. The highest BCUT2D eigenvalue weighted by Gasteiger charge is 2.42. The standard InChI is InChI=1S/C27H32F2N4O4.ClH/c1-16(30-2)25(34)31-22(18-11-14-37-15-12-18)27(36)33-13-10-17-6-3-4-7-19(17)24(33)26(35)32-23-20(28)8-5-9-21(23)29;/h3-9,16,18,22,24,30H,10-15H2,1-2H3,(H,31,34)(H,32,35);1H/t16-,22-,24?;/m0./s1. The van der Waals surface area contributed by atoms with E-state index in [0.717, 1.165) is 17.7 Å². The summed E-state index contributed by atoms with van der Waals surface area (Å²) >= 11 is 0. The van der Waals surface area contributed by atoms with E-state index in [1.807, 2.05) is 12.1 Å². The molecule has 11 heteroatoms. The number of benzene rings is 2. The first-order valence-electron chi connectivity index (χ1n) is 12.5. The lowest BCUT2D eigenvalue weighted by Crippen LogP contribution is -2.58. The van der Waals surface area contributed by atoms with Gasteiger partial charge in [-0.3, -0.25) is 14.4 Å². The maximum atomic E-state index is 14.4. The Hall–Kier alpha value is -3.08. The van der Waals surface area contributed by atoms with Crippen molar-refractivity contribution in [2.45, 2.75) is 44.3 Å². The van der Waals surface area contributed by atoms with Crippen LogP contribution in [0.2, 0.25) is 0 Å². The SMILES string of the molecule is CN[C@@H](C)C(=O)N[C@H](C(=O)N1CCc2ccccc2C1C(=O)Nc1c(F)cccc1F)C1CCOCC1.Cl. The second kappa shape index (κ2) is 13.1. The molecule has 1 unspecified atom stereocenters. The summed E-state index contributed by atoms with van der Waals surface area (Å²) in [5.74, 6) is -3.48. The van der Waals surface area contributed by atoms with E-state index in [1.54, 1.807) is 26.1 Å². The minimum atomic E-state index is -1.13. The molecule has 0 radical (unpaired) electrons. The molecule has 8 nitrogen and oxygen atoms in total. The molecular formula is C27H33ClF2N4O4.